The van der Waals surface area contributed by atoms with Crippen molar-refractivity contribution in [3.63, 3.8) is 0 Å². The Bertz CT molecular complexity index is 970. The number of carbonyl (C=O) groups excluding carboxylic acids is 1. The van der Waals surface area contributed by atoms with Crippen molar-refractivity contribution in [1.29, 1.82) is 0 Å². The van der Waals surface area contributed by atoms with Gasteiger partial charge in [0.1, 0.15) is 0 Å². The Morgan fingerprint density at radius 3 is 2.32 bits per heavy atom. The van der Waals surface area contributed by atoms with E-state index >= 15 is 0 Å². The van der Waals surface area contributed by atoms with Gasteiger partial charge in [-0.25, -0.2) is 8.42 Å². The molecule has 0 saturated carbocycles. The molecule has 2 unspecified atom stereocenters. The van der Waals surface area contributed by atoms with Crippen molar-refractivity contribution in [1.82, 2.24) is 0 Å². The van der Waals surface area contributed by atoms with Gasteiger partial charge in [-0.15, -0.1) is 0 Å². The first-order valence-electron chi connectivity index (χ1n) is 9.02. The van der Waals surface area contributed by atoms with Gasteiger partial charge in [0.15, 0.2) is 15.6 Å². The highest BCUT2D eigenvalue weighted by Crippen LogP contribution is 2.43. The van der Waals surface area contributed by atoms with E-state index in [1.165, 1.54) is 22.3 Å². The molecule has 2 saturated heterocycles. The van der Waals surface area contributed by atoms with Gasteiger partial charge < -0.3 is 0 Å². The van der Waals surface area contributed by atoms with E-state index in [1.54, 1.807) is 0 Å². The third kappa shape index (κ3) is 2.23. The molecule has 4 heteroatoms. The zero-order chi connectivity index (χ0) is 17.2. The summed E-state index contributed by atoms with van der Waals surface area (Å²) in [4.78, 5) is 13.0. The maximum absolute atomic E-state index is 13.0. The molecular weight excluding hydrogens is 332 g/mol. The summed E-state index contributed by atoms with van der Waals surface area (Å²) in [7, 11) is -2.98. The molecule has 2 aliphatic heterocycles. The summed E-state index contributed by atoms with van der Waals surface area (Å²) in [5, 5.41) is -0.585. The molecule has 128 valence electrons. The van der Waals surface area contributed by atoms with Gasteiger partial charge in [-0.05, 0) is 60.4 Å². The van der Waals surface area contributed by atoms with E-state index in [0.717, 1.165) is 24.8 Å². The molecule has 3 nitrogen and oxygen atoms in total. The van der Waals surface area contributed by atoms with E-state index in [-0.39, 0.29) is 22.2 Å². The lowest BCUT2D eigenvalue weighted by molar-refractivity contribution is 0.0905. The van der Waals surface area contributed by atoms with Crippen molar-refractivity contribution in [3.8, 4) is 11.1 Å². The number of hydrogen-bond donors (Lipinski definition) is 0. The predicted molar refractivity (Wildman–Crippen MR) is 97.5 cm³/mol. The van der Waals surface area contributed by atoms with Crippen LogP contribution in [0.4, 0.5) is 0 Å². The van der Waals surface area contributed by atoms with Gasteiger partial charge in [0.05, 0.1) is 10.5 Å². The van der Waals surface area contributed by atoms with Crippen molar-refractivity contribution in [2.24, 2.45) is 5.92 Å². The van der Waals surface area contributed by atoms with Crippen LogP contribution in [0.5, 0.6) is 0 Å². The van der Waals surface area contributed by atoms with E-state index in [1.807, 2.05) is 18.2 Å². The molecule has 5 rings (SSSR count). The summed E-state index contributed by atoms with van der Waals surface area (Å²) in [5.41, 5.74) is 5.74. The van der Waals surface area contributed by atoms with Gasteiger partial charge in [-0.3, -0.25) is 4.79 Å². The molecule has 2 bridgehead atoms. The molecular formula is C21H20O3S. The Hall–Kier alpha value is -1.94. The van der Waals surface area contributed by atoms with Gasteiger partial charge >= 0.3 is 0 Å². The highest BCUT2D eigenvalue weighted by Gasteiger charge is 2.48. The van der Waals surface area contributed by atoms with Crippen LogP contribution >= 0.6 is 0 Å². The quantitative estimate of drug-likeness (QED) is 0.659. The normalized spacial score (nSPS) is 28.4. The van der Waals surface area contributed by atoms with Crippen LogP contribution in [-0.4, -0.2) is 24.7 Å². The Labute approximate surface area is 148 Å². The van der Waals surface area contributed by atoms with Gasteiger partial charge in [0, 0.05) is 11.5 Å². The fraction of sp³-hybridized carbons (Fsp3) is 0.381. The number of ketones is 1. The van der Waals surface area contributed by atoms with Crippen LogP contribution < -0.4 is 0 Å². The molecule has 1 aliphatic carbocycles. The number of fused-ring (bicyclic) bond motifs is 5. The molecule has 0 spiro atoms. The lowest BCUT2D eigenvalue weighted by Gasteiger charge is -2.27. The number of sulfone groups is 1. The summed E-state index contributed by atoms with van der Waals surface area (Å²) in [6.45, 7) is 0. The van der Waals surface area contributed by atoms with Crippen LogP contribution in [0.15, 0.2) is 42.5 Å². The van der Waals surface area contributed by atoms with Crippen molar-refractivity contribution in [3.05, 3.63) is 59.2 Å². The average Bonchev–Trinajstić information content (AvgIpc) is 2.99. The first-order valence-corrected chi connectivity index (χ1v) is 10.6. The Morgan fingerprint density at radius 2 is 1.56 bits per heavy atom. The molecule has 25 heavy (non-hydrogen) atoms. The minimum absolute atomic E-state index is 0.130. The summed E-state index contributed by atoms with van der Waals surface area (Å²) in [6.07, 6.45) is 3.35. The predicted octanol–water partition coefficient (Wildman–Crippen LogP) is 3.80. The Kier molecular flexibility index (Phi) is 3.23. The summed E-state index contributed by atoms with van der Waals surface area (Å²) >= 11 is 0. The average molecular weight is 352 g/mol. The smallest absolute Gasteiger partial charge is 0.166 e. The van der Waals surface area contributed by atoms with E-state index in [9.17, 15) is 13.2 Å². The standard InChI is InChI=1S/C21H20O3S/c22-21(16-11-17-6-7-18(12-16)25(17,23)24)14-5-8-20-15(10-14)9-13-3-1-2-4-19(13)20/h1-5,8,10,16-18H,6-7,9,11-12H2. The molecule has 0 amide bonds. The van der Waals surface area contributed by atoms with E-state index in [4.69, 9.17) is 0 Å². The lowest BCUT2D eigenvalue weighted by atomic mass is 9.89. The van der Waals surface area contributed by atoms with Gasteiger partial charge in [-0.2, -0.15) is 0 Å². The molecule has 0 radical (unpaired) electrons. The number of Topliss-reactive ketones (excluding diaryl/α,β-unsaturated/α-hetero) is 1. The second kappa shape index (κ2) is 5.28. The molecule has 2 aromatic carbocycles. The first kappa shape index (κ1) is 15.3. The fourth-order valence-corrected chi connectivity index (χ4v) is 7.43. The van der Waals surface area contributed by atoms with Gasteiger partial charge in [-0.1, -0.05) is 36.4 Å². The zero-order valence-electron chi connectivity index (χ0n) is 13.9. The molecule has 2 atom stereocenters. The molecule has 2 heterocycles. The SMILES string of the molecule is O=C(c1ccc2c(c1)Cc1ccccc1-2)C1CC2CCC(C1)S2(=O)=O. The number of carbonyl (C=O) groups is 1. The molecule has 3 aliphatic rings. The van der Waals surface area contributed by atoms with Gasteiger partial charge in [0.25, 0.3) is 0 Å². The monoisotopic (exact) mass is 352 g/mol. The molecule has 0 aromatic heterocycles. The number of benzene rings is 2. The second-order valence-electron chi connectivity index (χ2n) is 7.65. The molecule has 0 N–H and O–H groups in total. The second-order valence-corrected chi connectivity index (χ2v) is 10.2. The van der Waals surface area contributed by atoms with Crippen molar-refractivity contribution >= 4 is 15.6 Å². The zero-order valence-corrected chi connectivity index (χ0v) is 14.8. The topological polar surface area (TPSA) is 51.2 Å². The maximum atomic E-state index is 13.0. The molecule has 2 aromatic rings. The van der Waals surface area contributed by atoms with Gasteiger partial charge in [0.2, 0.25) is 0 Å². The summed E-state index contributed by atoms with van der Waals surface area (Å²) in [6, 6.07) is 14.4. The van der Waals surface area contributed by atoms with Crippen molar-refractivity contribution in [2.75, 3.05) is 0 Å². The highest BCUT2D eigenvalue weighted by molar-refractivity contribution is 7.93. The van der Waals surface area contributed by atoms with E-state index in [2.05, 4.69) is 24.3 Å². The van der Waals surface area contributed by atoms with Crippen molar-refractivity contribution in [2.45, 2.75) is 42.6 Å². The third-order valence-corrected chi connectivity index (χ3v) is 9.00. The maximum Gasteiger partial charge on any atom is 0.166 e. The van der Waals surface area contributed by atoms with Crippen LogP contribution in [0.1, 0.15) is 47.2 Å². The van der Waals surface area contributed by atoms with Crippen LogP contribution in [0.3, 0.4) is 0 Å². The fourth-order valence-electron chi connectivity index (χ4n) is 4.96. The summed E-state index contributed by atoms with van der Waals surface area (Å²) < 4.78 is 24.5. The minimum atomic E-state index is -2.98. The summed E-state index contributed by atoms with van der Waals surface area (Å²) in [5.74, 6) is -0.00610. The van der Waals surface area contributed by atoms with Crippen LogP contribution in [0, 0.1) is 5.92 Å². The van der Waals surface area contributed by atoms with E-state index in [0.29, 0.717) is 12.8 Å². The van der Waals surface area contributed by atoms with Crippen LogP contribution in [0.2, 0.25) is 0 Å². The third-order valence-electron chi connectivity index (χ3n) is 6.28. The molecule has 2 fully saturated rings. The Morgan fingerprint density at radius 1 is 0.880 bits per heavy atom. The van der Waals surface area contributed by atoms with E-state index < -0.39 is 9.84 Å². The number of hydrogen-bond acceptors (Lipinski definition) is 3. The van der Waals surface area contributed by atoms with Crippen LogP contribution in [0.25, 0.3) is 11.1 Å². The largest absolute Gasteiger partial charge is 0.294 e. The Balaban J connectivity index is 1.44. The van der Waals surface area contributed by atoms with Crippen LogP contribution in [-0.2, 0) is 16.3 Å². The first-order chi connectivity index (χ1) is 12.0. The highest BCUT2D eigenvalue weighted by atomic mass is 32.2. The number of rotatable bonds is 2. The lowest BCUT2D eigenvalue weighted by Crippen LogP contribution is -2.36. The van der Waals surface area contributed by atoms with Crippen molar-refractivity contribution < 1.29 is 13.2 Å². The minimum Gasteiger partial charge on any atom is -0.294 e.